The van der Waals surface area contributed by atoms with Gasteiger partial charge < -0.3 is 20.1 Å². The molecule has 4 heteroatoms. The zero-order chi connectivity index (χ0) is 13.4. The van der Waals surface area contributed by atoms with E-state index in [1.54, 1.807) is 13.2 Å². The molecule has 0 radical (unpaired) electrons. The predicted molar refractivity (Wildman–Crippen MR) is 75.3 cm³/mol. The summed E-state index contributed by atoms with van der Waals surface area (Å²) in [4.78, 5) is 2.36. The molecule has 0 saturated carbocycles. The summed E-state index contributed by atoms with van der Waals surface area (Å²) in [5.41, 5.74) is 6.38. The van der Waals surface area contributed by atoms with E-state index < -0.39 is 0 Å². The lowest BCUT2D eigenvalue weighted by Gasteiger charge is -2.20. The van der Waals surface area contributed by atoms with Crippen LogP contribution in [0.5, 0.6) is 11.5 Å². The predicted octanol–water partition coefficient (Wildman–Crippen LogP) is 2.39. The average molecular weight is 252 g/mol. The minimum Gasteiger partial charge on any atom is -0.493 e. The van der Waals surface area contributed by atoms with Crippen molar-refractivity contribution in [2.45, 2.75) is 20.3 Å². The molecule has 0 fully saturated rings. The number of benzene rings is 1. The quantitative estimate of drug-likeness (QED) is 0.722. The summed E-state index contributed by atoms with van der Waals surface area (Å²) in [5, 5.41) is 0. The third-order valence-electron chi connectivity index (χ3n) is 2.84. The molecule has 0 unspecified atom stereocenters. The van der Waals surface area contributed by atoms with Crippen molar-refractivity contribution >= 4 is 5.69 Å². The molecular formula is C14H24N2O2. The van der Waals surface area contributed by atoms with Crippen molar-refractivity contribution in [3.63, 3.8) is 0 Å². The van der Waals surface area contributed by atoms with E-state index in [-0.39, 0.29) is 0 Å². The maximum atomic E-state index is 5.74. The van der Waals surface area contributed by atoms with Gasteiger partial charge in [-0.3, -0.25) is 0 Å². The Labute approximate surface area is 110 Å². The lowest BCUT2D eigenvalue weighted by atomic mass is 10.3. The molecule has 0 atom stereocenters. The Balaban J connectivity index is 2.47. The molecule has 0 aliphatic heterocycles. The first kappa shape index (κ1) is 14.6. The molecular weight excluding hydrogens is 228 g/mol. The van der Waals surface area contributed by atoms with Crippen molar-refractivity contribution in [3.8, 4) is 11.5 Å². The van der Waals surface area contributed by atoms with Crippen LogP contribution in [0.15, 0.2) is 18.2 Å². The lowest BCUT2D eigenvalue weighted by Crippen LogP contribution is -2.29. The highest BCUT2D eigenvalue weighted by Gasteiger charge is 2.06. The minimum absolute atomic E-state index is 0.661. The first-order chi connectivity index (χ1) is 8.71. The van der Waals surface area contributed by atoms with Gasteiger partial charge in [0.2, 0.25) is 0 Å². The average Bonchev–Trinajstić information content (AvgIpc) is 2.39. The Morgan fingerprint density at radius 3 is 2.56 bits per heavy atom. The highest BCUT2D eigenvalue weighted by atomic mass is 16.5. The van der Waals surface area contributed by atoms with Crippen LogP contribution in [0, 0.1) is 0 Å². The van der Waals surface area contributed by atoms with E-state index in [1.807, 2.05) is 12.1 Å². The number of nitrogens with zero attached hydrogens (tertiary/aromatic N) is 1. The number of hydrogen-bond acceptors (Lipinski definition) is 4. The van der Waals surface area contributed by atoms with E-state index in [0.29, 0.717) is 18.0 Å². The van der Waals surface area contributed by atoms with Crippen molar-refractivity contribution < 1.29 is 9.47 Å². The topological polar surface area (TPSA) is 47.7 Å². The van der Waals surface area contributed by atoms with Crippen LogP contribution < -0.4 is 15.2 Å². The smallest absolute Gasteiger partial charge is 0.162 e. The van der Waals surface area contributed by atoms with Crippen molar-refractivity contribution in [3.05, 3.63) is 18.2 Å². The minimum atomic E-state index is 0.661. The van der Waals surface area contributed by atoms with Crippen LogP contribution >= 0.6 is 0 Å². The van der Waals surface area contributed by atoms with Gasteiger partial charge in [-0.2, -0.15) is 0 Å². The Morgan fingerprint density at radius 1 is 1.17 bits per heavy atom. The Hall–Kier alpha value is -1.42. The molecule has 1 aromatic rings. The maximum absolute atomic E-state index is 5.74. The van der Waals surface area contributed by atoms with Gasteiger partial charge in [0.1, 0.15) is 6.61 Å². The number of nitrogen functional groups attached to an aromatic ring is 1. The van der Waals surface area contributed by atoms with Crippen LogP contribution in [0.3, 0.4) is 0 Å². The summed E-state index contributed by atoms with van der Waals surface area (Å²) in [6, 6.07) is 5.45. The molecule has 0 aliphatic carbocycles. The van der Waals surface area contributed by atoms with Crippen LogP contribution in [-0.4, -0.2) is 38.3 Å². The number of likely N-dealkylation sites (N-methyl/N-ethyl adjacent to an activating group) is 1. The second-order valence-corrected chi connectivity index (χ2v) is 4.19. The Bertz CT molecular complexity index is 356. The number of hydrogen-bond donors (Lipinski definition) is 1. The molecule has 18 heavy (non-hydrogen) atoms. The number of nitrogens with two attached hydrogens (primary N) is 1. The van der Waals surface area contributed by atoms with Gasteiger partial charge in [0.15, 0.2) is 11.5 Å². The highest BCUT2D eigenvalue weighted by Crippen LogP contribution is 2.28. The van der Waals surface area contributed by atoms with Crippen LogP contribution in [-0.2, 0) is 0 Å². The monoisotopic (exact) mass is 252 g/mol. The third-order valence-corrected chi connectivity index (χ3v) is 2.84. The molecule has 0 saturated heterocycles. The van der Waals surface area contributed by atoms with Crippen molar-refractivity contribution in [1.82, 2.24) is 4.90 Å². The zero-order valence-electron chi connectivity index (χ0n) is 11.6. The van der Waals surface area contributed by atoms with Gasteiger partial charge in [0, 0.05) is 18.3 Å². The molecule has 2 N–H and O–H groups in total. The molecule has 102 valence electrons. The van der Waals surface area contributed by atoms with Gasteiger partial charge >= 0.3 is 0 Å². The lowest BCUT2D eigenvalue weighted by molar-refractivity contribution is 0.211. The summed E-state index contributed by atoms with van der Waals surface area (Å²) < 4.78 is 11.0. The fourth-order valence-electron chi connectivity index (χ4n) is 1.83. The number of anilines is 1. The van der Waals surface area contributed by atoms with Crippen LogP contribution in [0.4, 0.5) is 5.69 Å². The van der Waals surface area contributed by atoms with E-state index >= 15 is 0 Å². The largest absolute Gasteiger partial charge is 0.493 e. The fraction of sp³-hybridized carbons (Fsp3) is 0.571. The Morgan fingerprint density at radius 2 is 1.94 bits per heavy atom. The van der Waals surface area contributed by atoms with Gasteiger partial charge in [-0.25, -0.2) is 0 Å². The highest BCUT2D eigenvalue weighted by molar-refractivity contribution is 5.51. The van der Waals surface area contributed by atoms with Crippen molar-refractivity contribution in [1.29, 1.82) is 0 Å². The molecule has 0 spiro atoms. The number of ether oxygens (including phenoxy) is 2. The summed E-state index contributed by atoms with van der Waals surface area (Å²) in [7, 11) is 1.62. The van der Waals surface area contributed by atoms with Crippen LogP contribution in [0.1, 0.15) is 20.3 Å². The van der Waals surface area contributed by atoms with E-state index in [4.69, 9.17) is 15.2 Å². The normalized spacial score (nSPS) is 10.7. The fourth-order valence-corrected chi connectivity index (χ4v) is 1.83. The van der Waals surface area contributed by atoms with Gasteiger partial charge in [0.05, 0.1) is 7.11 Å². The van der Waals surface area contributed by atoms with Gasteiger partial charge in [-0.05, 0) is 31.6 Å². The Kier molecular flexibility index (Phi) is 6.36. The molecule has 4 nitrogen and oxygen atoms in total. The summed E-state index contributed by atoms with van der Waals surface area (Å²) in [6.07, 6.45) is 1.17. The van der Waals surface area contributed by atoms with E-state index in [2.05, 4.69) is 18.7 Å². The number of methoxy groups -OCH3 is 1. The molecule has 0 heterocycles. The second-order valence-electron chi connectivity index (χ2n) is 4.19. The molecule has 0 amide bonds. The molecule has 0 aliphatic rings. The van der Waals surface area contributed by atoms with Crippen molar-refractivity contribution in [2.24, 2.45) is 0 Å². The SMILES string of the molecule is CCCN(CC)CCOc1ccc(N)cc1OC. The maximum Gasteiger partial charge on any atom is 0.162 e. The molecule has 1 rings (SSSR count). The van der Waals surface area contributed by atoms with Crippen molar-refractivity contribution in [2.75, 3.05) is 39.1 Å². The number of rotatable bonds is 8. The van der Waals surface area contributed by atoms with Crippen LogP contribution in [0.2, 0.25) is 0 Å². The zero-order valence-corrected chi connectivity index (χ0v) is 11.6. The first-order valence-corrected chi connectivity index (χ1v) is 6.49. The second kappa shape index (κ2) is 7.82. The first-order valence-electron chi connectivity index (χ1n) is 6.49. The van der Waals surface area contributed by atoms with Crippen LogP contribution in [0.25, 0.3) is 0 Å². The summed E-state index contributed by atoms with van der Waals surface area (Å²) in [6.45, 7) is 8.10. The van der Waals surface area contributed by atoms with E-state index in [0.717, 1.165) is 25.4 Å². The van der Waals surface area contributed by atoms with Gasteiger partial charge in [0.25, 0.3) is 0 Å². The van der Waals surface area contributed by atoms with Gasteiger partial charge in [-0.15, -0.1) is 0 Å². The third kappa shape index (κ3) is 4.45. The van der Waals surface area contributed by atoms with E-state index in [1.165, 1.54) is 6.42 Å². The molecule has 1 aromatic carbocycles. The van der Waals surface area contributed by atoms with E-state index in [9.17, 15) is 0 Å². The molecule has 0 bridgehead atoms. The van der Waals surface area contributed by atoms with Gasteiger partial charge in [-0.1, -0.05) is 13.8 Å². The standard InChI is InChI=1S/C14H24N2O2/c1-4-8-16(5-2)9-10-18-13-7-6-12(15)11-14(13)17-3/h6-7,11H,4-5,8-10,15H2,1-3H3. The summed E-state index contributed by atoms with van der Waals surface area (Å²) >= 11 is 0. The summed E-state index contributed by atoms with van der Waals surface area (Å²) in [5.74, 6) is 1.44. The molecule has 0 aromatic heterocycles.